The zero-order valence-electron chi connectivity index (χ0n) is 20.0. The molecule has 0 spiro atoms. The van der Waals surface area contributed by atoms with Crippen molar-refractivity contribution in [3.8, 4) is 17.0 Å². The van der Waals surface area contributed by atoms with Gasteiger partial charge in [-0.15, -0.1) is 0 Å². The summed E-state index contributed by atoms with van der Waals surface area (Å²) >= 11 is 0. The Morgan fingerprint density at radius 1 is 1.18 bits per heavy atom. The summed E-state index contributed by atoms with van der Waals surface area (Å²) in [6, 6.07) is 6.50. The molecule has 2 aliphatic rings. The van der Waals surface area contributed by atoms with Gasteiger partial charge in [0.15, 0.2) is 0 Å². The number of carbonyl (C=O) groups is 1. The first-order valence-electron chi connectivity index (χ1n) is 12.1. The number of likely N-dealkylation sites (tertiary alicyclic amines) is 1. The molecule has 2 fully saturated rings. The van der Waals surface area contributed by atoms with E-state index in [-0.39, 0.29) is 12.2 Å². The molecular weight excluding hydrogens is 432 g/mol. The van der Waals surface area contributed by atoms with Crippen molar-refractivity contribution in [2.24, 2.45) is 13.0 Å². The third-order valence-corrected chi connectivity index (χ3v) is 6.89. The molecule has 1 saturated heterocycles. The van der Waals surface area contributed by atoms with E-state index in [4.69, 9.17) is 14.5 Å². The lowest BCUT2D eigenvalue weighted by Gasteiger charge is -2.27. The van der Waals surface area contributed by atoms with Crippen molar-refractivity contribution in [3.63, 3.8) is 0 Å². The summed E-state index contributed by atoms with van der Waals surface area (Å²) in [5.41, 5.74) is 2.66. The molecule has 2 aromatic heterocycles. The molecule has 34 heavy (non-hydrogen) atoms. The third-order valence-electron chi connectivity index (χ3n) is 6.89. The molecule has 1 unspecified atom stereocenters. The van der Waals surface area contributed by atoms with Gasteiger partial charge in [0.1, 0.15) is 6.10 Å². The number of nitrogens with zero attached hydrogens (tertiary/aromatic N) is 5. The van der Waals surface area contributed by atoms with E-state index in [0.717, 1.165) is 47.2 Å². The Balaban J connectivity index is 1.42. The monoisotopic (exact) mass is 464 g/mol. The van der Waals surface area contributed by atoms with Crippen molar-refractivity contribution in [3.05, 3.63) is 30.6 Å². The SMILES string of the molecule is COC(=O)N1CCC(Oc2nc(N[C@H]3CC[C@@H](C)CC3)ncc2-c2ccc3cn(C)nc3c2)C1. The van der Waals surface area contributed by atoms with E-state index in [1.165, 1.54) is 20.0 Å². The molecule has 3 aromatic rings. The number of methoxy groups -OCH3 is 1. The number of rotatable bonds is 5. The lowest BCUT2D eigenvalue weighted by Crippen LogP contribution is -2.31. The number of hydrogen-bond donors (Lipinski definition) is 1. The number of ether oxygens (including phenoxy) is 2. The van der Waals surface area contributed by atoms with Gasteiger partial charge in [0.25, 0.3) is 0 Å². The summed E-state index contributed by atoms with van der Waals surface area (Å²) in [5, 5.41) is 9.12. The molecule has 0 radical (unpaired) electrons. The van der Waals surface area contributed by atoms with E-state index in [1.54, 1.807) is 9.58 Å². The smallest absolute Gasteiger partial charge is 0.409 e. The van der Waals surface area contributed by atoms with Crippen LogP contribution >= 0.6 is 0 Å². The summed E-state index contributed by atoms with van der Waals surface area (Å²) in [5.74, 6) is 1.88. The molecule has 1 N–H and O–H groups in total. The number of hydrogen-bond acceptors (Lipinski definition) is 7. The second-order valence-corrected chi connectivity index (χ2v) is 9.53. The lowest BCUT2D eigenvalue weighted by molar-refractivity contribution is 0.125. The zero-order valence-corrected chi connectivity index (χ0v) is 20.0. The zero-order chi connectivity index (χ0) is 23.7. The molecule has 5 rings (SSSR count). The minimum atomic E-state index is -0.330. The first kappa shape index (κ1) is 22.4. The maximum atomic E-state index is 11.9. The number of anilines is 1. The number of amides is 1. The van der Waals surface area contributed by atoms with Crippen LogP contribution in [-0.4, -0.2) is 63.1 Å². The number of aryl methyl sites for hydroxylation is 1. The van der Waals surface area contributed by atoms with Gasteiger partial charge in [-0.2, -0.15) is 10.1 Å². The van der Waals surface area contributed by atoms with E-state index in [9.17, 15) is 4.79 Å². The highest BCUT2D eigenvalue weighted by atomic mass is 16.5. The van der Waals surface area contributed by atoms with Crippen molar-refractivity contribution in [1.29, 1.82) is 0 Å². The first-order chi connectivity index (χ1) is 16.5. The Kier molecular flexibility index (Phi) is 6.26. The van der Waals surface area contributed by atoms with Crippen LogP contribution in [0.15, 0.2) is 30.6 Å². The Hall–Kier alpha value is -3.36. The van der Waals surface area contributed by atoms with Crippen LogP contribution < -0.4 is 10.1 Å². The minimum absolute atomic E-state index is 0.158. The van der Waals surface area contributed by atoms with E-state index >= 15 is 0 Å². The van der Waals surface area contributed by atoms with Gasteiger partial charge in [0.05, 0.1) is 24.7 Å². The Labute approximate surface area is 199 Å². The van der Waals surface area contributed by atoms with Crippen molar-refractivity contribution in [2.75, 3.05) is 25.5 Å². The molecule has 9 nitrogen and oxygen atoms in total. The molecule has 1 aromatic carbocycles. The quantitative estimate of drug-likeness (QED) is 0.603. The molecule has 180 valence electrons. The van der Waals surface area contributed by atoms with E-state index in [2.05, 4.69) is 22.3 Å². The van der Waals surface area contributed by atoms with E-state index < -0.39 is 0 Å². The molecule has 1 amide bonds. The van der Waals surface area contributed by atoms with Crippen LogP contribution in [0.2, 0.25) is 0 Å². The fraction of sp³-hybridized carbons (Fsp3) is 0.520. The molecule has 0 bridgehead atoms. The van der Waals surface area contributed by atoms with Crippen molar-refractivity contribution < 1.29 is 14.3 Å². The molecule has 9 heteroatoms. The average Bonchev–Trinajstić information content (AvgIpc) is 3.45. The maximum absolute atomic E-state index is 11.9. The largest absolute Gasteiger partial charge is 0.472 e. The molecule has 1 atom stereocenters. The molecular formula is C25H32N6O3. The summed E-state index contributed by atoms with van der Waals surface area (Å²) < 4.78 is 13.1. The summed E-state index contributed by atoms with van der Waals surface area (Å²) in [6.07, 6.45) is 8.73. The van der Waals surface area contributed by atoms with Gasteiger partial charge < -0.3 is 19.7 Å². The van der Waals surface area contributed by atoms with Gasteiger partial charge in [0.2, 0.25) is 11.8 Å². The van der Waals surface area contributed by atoms with Crippen LogP contribution in [0.4, 0.5) is 10.7 Å². The summed E-state index contributed by atoms with van der Waals surface area (Å²) in [4.78, 5) is 23.0. The highest BCUT2D eigenvalue weighted by molar-refractivity contribution is 5.84. The fourth-order valence-electron chi connectivity index (χ4n) is 4.89. The number of nitrogens with one attached hydrogen (secondary N) is 1. The third kappa shape index (κ3) is 4.78. The highest BCUT2D eigenvalue weighted by Crippen LogP contribution is 2.33. The van der Waals surface area contributed by atoms with Crippen LogP contribution in [0.5, 0.6) is 5.88 Å². The first-order valence-corrected chi connectivity index (χ1v) is 12.1. The minimum Gasteiger partial charge on any atom is -0.472 e. The predicted molar refractivity (Wildman–Crippen MR) is 130 cm³/mol. The number of carbonyl (C=O) groups excluding carboxylic acids is 1. The van der Waals surface area contributed by atoms with E-state index in [0.29, 0.717) is 31.0 Å². The fourth-order valence-corrected chi connectivity index (χ4v) is 4.89. The van der Waals surface area contributed by atoms with Crippen molar-refractivity contribution >= 4 is 22.9 Å². The standard InChI is InChI=1S/C25H32N6O3/c1-16-4-8-19(9-5-16)27-24-26-13-21(17-6-7-18-14-30(2)29-22(18)12-17)23(28-24)34-20-10-11-31(15-20)25(32)33-3/h6-7,12-14,16,19-20H,4-5,8-11,15H2,1-3H3,(H,26,27,28)/t16-,19+,20?. The van der Waals surface area contributed by atoms with E-state index in [1.807, 2.05) is 37.6 Å². The van der Waals surface area contributed by atoms with Crippen LogP contribution in [0.3, 0.4) is 0 Å². The maximum Gasteiger partial charge on any atom is 0.409 e. The lowest BCUT2D eigenvalue weighted by atomic mass is 9.87. The number of fused-ring (bicyclic) bond motifs is 1. The van der Waals surface area contributed by atoms with Crippen molar-refractivity contribution in [1.82, 2.24) is 24.6 Å². The molecule has 1 aliphatic carbocycles. The summed E-state index contributed by atoms with van der Waals surface area (Å²) in [6.45, 7) is 3.38. The van der Waals surface area contributed by atoms with Crippen molar-refractivity contribution in [2.45, 2.75) is 51.2 Å². The Morgan fingerprint density at radius 2 is 2.00 bits per heavy atom. The summed E-state index contributed by atoms with van der Waals surface area (Å²) in [7, 11) is 3.31. The number of aromatic nitrogens is 4. The van der Waals surface area contributed by atoms with Gasteiger partial charge in [-0.05, 0) is 43.2 Å². The Morgan fingerprint density at radius 3 is 2.79 bits per heavy atom. The van der Waals surface area contributed by atoms with Gasteiger partial charge in [0, 0.05) is 43.8 Å². The number of benzene rings is 1. The second-order valence-electron chi connectivity index (χ2n) is 9.53. The van der Waals surface area contributed by atoms with Gasteiger partial charge >= 0.3 is 6.09 Å². The van der Waals surface area contributed by atoms with Crippen LogP contribution in [0.25, 0.3) is 22.0 Å². The van der Waals surface area contributed by atoms with Gasteiger partial charge in [-0.25, -0.2) is 9.78 Å². The second kappa shape index (κ2) is 9.48. The normalized spacial score (nSPS) is 22.7. The highest BCUT2D eigenvalue weighted by Gasteiger charge is 2.29. The molecule has 1 saturated carbocycles. The molecule has 3 heterocycles. The van der Waals surface area contributed by atoms with Crippen LogP contribution in [0.1, 0.15) is 39.0 Å². The Bertz CT molecular complexity index is 1170. The molecule has 1 aliphatic heterocycles. The average molecular weight is 465 g/mol. The van der Waals surface area contributed by atoms with Gasteiger partial charge in [-0.3, -0.25) is 4.68 Å². The predicted octanol–water partition coefficient (Wildman–Crippen LogP) is 4.24. The van der Waals surface area contributed by atoms with Crippen LogP contribution in [-0.2, 0) is 11.8 Å². The van der Waals surface area contributed by atoms with Crippen LogP contribution in [0, 0.1) is 5.92 Å². The topological polar surface area (TPSA) is 94.4 Å². The van der Waals surface area contributed by atoms with Gasteiger partial charge in [-0.1, -0.05) is 19.1 Å².